The molecule has 0 aliphatic rings. The van der Waals surface area contributed by atoms with Crippen molar-refractivity contribution in [2.24, 2.45) is 0 Å². The minimum absolute atomic E-state index is 0.530. The Morgan fingerprint density at radius 1 is 1.78 bits per heavy atom. The highest BCUT2D eigenvalue weighted by Gasteiger charge is 1.99. The summed E-state index contributed by atoms with van der Waals surface area (Å²) in [4.78, 5) is 3.91. The summed E-state index contributed by atoms with van der Waals surface area (Å²) in [6.45, 7) is 2.39. The Bertz CT molecular complexity index is 183. The van der Waals surface area contributed by atoms with Gasteiger partial charge in [-0.15, -0.1) is 0 Å². The molecule has 3 nitrogen and oxygen atoms in total. The Labute approximate surface area is 53.7 Å². The molecule has 0 saturated heterocycles. The highest BCUT2D eigenvalue weighted by molar-refractivity contribution is 5.02. The van der Waals surface area contributed by atoms with Gasteiger partial charge >= 0.3 is 0 Å². The van der Waals surface area contributed by atoms with Crippen LogP contribution in [0.2, 0.25) is 0 Å². The molecule has 0 aliphatic heterocycles. The van der Waals surface area contributed by atoms with Gasteiger partial charge < -0.3 is 9.15 Å². The number of aromatic nitrogens is 1. The van der Waals surface area contributed by atoms with E-state index in [0.717, 1.165) is 11.5 Å². The number of oxazole rings is 1. The fraction of sp³-hybridized carbons (Fsp3) is 0.500. The summed E-state index contributed by atoms with van der Waals surface area (Å²) in [6.07, 6.45) is 1.42. The van der Waals surface area contributed by atoms with Crippen molar-refractivity contribution in [3.63, 3.8) is 0 Å². The zero-order chi connectivity index (χ0) is 6.69. The van der Waals surface area contributed by atoms with Crippen LogP contribution >= 0.6 is 0 Å². The Morgan fingerprint density at radius 3 is 3.00 bits per heavy atom. The third-order valence-corrected chi connectivity index (χ3v) is 1.13. The van der Waals surface area contributed by atoms with Crippen LogP contribution in [0.5, 0.6) is 0 Å². The Morgan fingerprint density at radius 2 is 2.56 bits per heavy atom. The molecule has 1 rings (SSSR count). The van der Waals surface area contributed by atoms with Crippen LogP contribution in [0.25, 0.3) is 0 Å². The molecule has 3 heteroatoms. The maximum atomic E-state index is 4.93. The van der Waals surface area contributed by atoms with Crippen LogP contribution in [0.3, 0.4) is 0 Å². The molecule has 9 heavy (non-hydrogen) atoms. The van der Waals surface area contributed by atoms with E-state index in [2.05, 4.69) is 4.98 Å². The van der Waals surface area contributed by atoms with Crippen LogP contribution in [-0.2, 0) is 11.3 Å². The molecular weight excluding hydrogens is 118 g/mol. The molecule has 0 amide bonds. The molecule has 0 aliphatic carbocycles. The Balaban J connectivity index is 2.69. The normalized spacial score (nSPS) is 10.0. The van der Waals surface area contributed by atoms with Crippen molar-refractivity contribution in [2.45, 2.75) is 13.5 Å². The number of aryl methyl sites for hydroxylation is 1. The van der Waals surface area contributed by atoms with E-state index in [1.807, 2.05) is 6.92 Å². The molecule has 0 spiro atoms. The van der Waals surface area contributed by atoms with Gasteiger partial charge in [0.15, 0.2) is 6.39 Å². The van der Waals surface area contributed by atoms with Crippen LogP contribution in [0.4, 0.5) is 0 Å². The lowest BCUT2D eigenvalue weighted by Crippen LogP contribution is -1.88. The van der Waals surface area contributed by atoms with Gasteiger partial charge in [0.05, 0.1) is 6.61 Å². The molecule has 0 fully saturated rings. The van der Waals surface area contributed by atoms with E-state index in [1.165, 1.54) is 6.39 Å². The molecule has 0 radical (unpaired) electrons. The second-order valence-corrected chi connectivity index (χ2v) is 1.79. The molecule has 0 N–H and O–H groups in total. The number of hydrogen-bond donors (Lipinski definition) is 0. The molecule has 1 heterocycles. The van der Waals surface area contributed by atoms with Crippen molar-refractivity contribution in [1.29, 1.82) is 0 Å². The number of methoxy groups -OCH3 is 1. The van der Waals surface area contributed by atoms with Gasteiger partial charge in [-0.2, -0.15) is 0 Å². The van der Waals surface area contributed by atoms with Gasteiger partial charge in [0.1, 0.15) is 11.5 Å². The summed E-state index contributed by atoms with van der Waals surface area (Å²) in [6, 6.07) is 0. The topological polar surface area (TPSA) is 35.3 Å². The fourth-order valence-electron chi connectivity index (χ4n) is 0.604. The molecule has 1 aromatic rings. The number of nitrogens with zero attached hydrogens (tertiary/aromatic N) is 1. The molecule has 0 atom stereocenters. The average molecular weight is 127 g/mol. The lowest BCUT2D eigenvalue weighted by molar-refractivity contribution is 0.180. The zero-order valence-electron chi connectivity index (χ0n) is 5.55. The van der Waals surface area contributed by atoms with E-state index in [1.54, 1.807) is 7.11 Å². The lowest BCUT2D eigenvalue weighted by atomic mass is 10.4. The van der Waals surface area contributed by atoms with Gasteiger partial charge in [0.2, 0.25) is 0 Å². The summed E-state index contributed by atoms with van der Waals surface area (Å²) >= 11 is 0. The molecule has 0 saturated carbocycles. The van der Waals surface area contributed by atoms with Crippen molar-refractivity contribution >= 4 is 0 Å². The maximum absolute atomic E-state index is 4.93. The quantitative estimate of drug-likeness (QED) is 0.597. The lowest BCUT2D eigenvalue weighted by Gasteiger charge is -1.91. The second-order valence-electron chi connectivity index (χ2n) is 1.79. The zero-order valence-corrected chi connectivity index (χ0v) is 5.55. The van der Waals surface area contributed by atoms with Crippen molar-refractivity contribution in [1.82, 2.24) is 4.98 Å². The van der Waals surface area contributed by atoms with E-state index in [4.69, 9.17) is 9.15 Å². The van der Waals surface area contributed by atoms with Crippen LogP contribution < -0.4 is 0 Å². The third kappa shape index (κ3) is 1.29. The van der Waals surface area contributed by atoms with E-state index in [0.29, 0.717) is 6.61 Å². The van der Waals surface area contributed by atoms with Crippen molar-refractivity contribution < 1.29 is 9.15 Å². The minimum Gasteiger partial charge on any atom is -0.448 e. The van der Waals surface area contributed by atoms with E-state index in [9.17, 15) is 0 Å². The molecule has 0 unspecified atom stereocenters. The van der Waals surface area contributed by atoms with Crippen LogP contribution in [0.15, 0.2) is 10.8 Å². The first kappa shape index (κ1) is 6.29. The van der Waals surface area contributed by atoms with Gasteiger partial charge in [0.25, 0.3) is 0 Å². The first-order valence-corrected chi connectivity index (χ1v) is 2.72. The number of rotatable bonds is 2. The summed E-state index contributed by atoms with van der Waals surface area (Å²) in [7, 11) is 1.63. The van der Waals surface area contributed by atoms with E-state index >= 15 is 0 Å². The predicted molar refractivity (Wildman–Crippen MR) is 32.0 cm³/mol. The summed E-state index contributed by atoms with van der Waals surface area (Å²) in [5.41, 5.74) is 0.873. The number of hydrogen-bond acceptors (Lipinski definition) is 3. The molecule has 1 aromatic heterocycles. The highest BCUT2D eigenvalue weighted by atomic mass is 16.5. The van der Waals surface area contributed by atoms with Crippen LogP contribution in [-0.4, -0.2) is 12.1 Å². The molecule has 0 bridgehead atoms. The monoisotopic (exact) mass is 127 g/mol. The smallest absolute Gasteiger partial charge is 0.181 e. The van der Waals surface area contributed by atoms with Gasteiger partial charge in [-0.3, -0.25) is 0 Å². The predicted octanol–water partition coefficient (Wildman–Crippen LogP) is 1.13. The van der Waals surface area contributed by atoms with Crippen LogP contribution in [0.1, 0.15) is 11.5 Å². The van der Waals surface area contributed by atoms with Crippen LogP contribution in [0, 0.1) is 6.92 Å². The first-order chi connectivity index (χ1) is 4.34. The summed E-state index contributed by atoms with van der Waals surface area (Å²) in [5, 5.41) is 0. The second kappa shape index (κ2) is 2.64. The Hall–Kier alpha value is -0.830. The fourth-order valence-corrected chi connectivity index (χ4v) is 0.604. The SMILES string of the molecule is COCc1ncoc1C. The summed E-state index contributed by atoms with van der Waals surface area (Å²) in [5.74, 6) is 0.830. The average Bonchev–Trinajstić information content (AvgIpc) is 2.18. The third-order valence-electron chi connectivity index (χ3n) is 1.13. The van der Waals surface area contributed by atoms with Crippen molar-refractivity contribution in [3.8, 4) is 0 Å². The highest BCUT2D eigenvalue weighted by Crippen LogP contribution is 2.04. The van der Waals surface area contributed by atoms with E-state index < -0.39 is 0 Å². The van der Waals surface area contributed by atoms with Gasteiger partial charge in [-0.1, -0.05) is 0 Å². The van der Waals surface area contributed by atoms with Gasteiger partial charge in [-0.05, 0) is 6.92 Å². The van der Waals surface area contributed by atoms with E-state index in [-0.39, 0.29) is 0 Å². The molecule has 0 aromatic carbocycles. The standard InChI is InChI=1S/C6H9NO2/c1-5-6(3-8-2)7-4-9-5/h4H,3H2,1-2H3. The first-order valence-electron chi connectivity index (χ1n) is 2.72. The van der Waals surface area contributed by atoms with Gasteiger partial charge in [-0.25, -0.2) is 4.98 Å². The molecular formula is C6H9NO2. The summed E-state index contributed by atoms with van der Waals surface area (Å²) < 4.78 is 9.77. The largest absolute Gasteiger partial charge is 0.448 e. The minimum atomic E-state index is 0.530. The maximum Gasteiger partial charge on any atom is 0.181 e. The van der Waals surface area contributed by atoms with Crippen molar-refractivity contribution in [2.75, 3.05) is 7.11 Å². The molecule has 50 valence electrons. The number of ether oxygens (including phenoxy) is 1. The van der Waals surface area contributed by atoms with Crippen molar-refractivity contribution in [3.05, 3.63) is 17.8 Å². The Kier molecular flexibility index (Phi) is 1.85. The van der Waals surface area contributed by atoms with Gasteiger partial charge in [0, 0.05) is 7.11 Å².